The van der Waals surface area contributed by atoms with Gasteiger partial charge in [-0.1, -0.05) is 72.8 Å². The van der Waals surface area contributed by atoms with Crippen LogP contribution >= 0.6 is 0 Å². The predicted molar refractivity (Wildman–Crippen MR) is 131 cm³/mol. The first kappa shape index (κ1) is 26.0. The number of hydrogen-bond acceptors (Lipinski definition) is 7. The van der Waals surface area contributed by atoms with Crippen LogP contribution < -0.4 is 10.6 Å². The molecule has 0 aliphatic rings. The molecule has 0 saturated carbocycles. The van der Waals surface area contributed by atoms with Crippen molar-refractivity contribution in [2.24, 2.45) is 0 Å². The number of esters is 2. The highest BCUT2D eigenvalue weighted by molar-refractivity contribution is 6.02. The van der Waals surface area contributed by atoms with Crippen LogP contribution in [-0.2, 0) is 36.8 Å². The topological polar surface area (TPSA) is 120 Å². The minimum Gasteiger partial charge on any atom is -0.465 e. The molecule has 2 N–H and O–H groups in total. The van der Waals surface area contributed by atoms with Crippen molar-refractivity contribution < 1.29 is 33.4 Å². The van der Waals surface area contributed by atoms with Crippen LogP contribution in [0.15, 0.2) is 84.9 Å². The Balaban J connectivity index is 1.60. The molecule has 0 radical (unpaired) electrons. The summed E-state index contributed by atoms with van der Waals surface area (Å²) in [5, 5.41) is 5.03. The normalized spacial score (nSPS) is 11.0. The number of carbonyl (C=O) groups is 4. The maximum atomic E-state index is 12.8. The third kappa shape index (κ3) is 7.98. The number of amides is 2. The molecule has 0 fully saturated rings. The van der Waals surface area contributed by atoms with Crippen molar-refractivity contribution >= 4 is 29.6 Å². The van der Waals surface area contributed by atoms with Crippen molar-refractivity contribution in [1.29, 1.82) is 0 Å². The summed E-state index contributed by atoms with van der Waals surface area (Å²) in [6, 6.07) is 23.3. The van der Waals surface area contributed by atoms with Gasteiger partial charge < -0.3 is 24.8 Å². The zero-order valence-electron chi connectivity index (χ0n) is 19.6. The Morgan fingerprint density at radius 1 is 0.778 bits per heavy atom. The number of alkyl carbamates (subject to hydrolysis) is 1. The number of benzene rings is 3. The van der Waals surface area contributed by atoms with Gasteiger partial charge >= 0.3 is 18.0 Å². The molecule has 0 saturated heterocycles. The van der Waals surface area contributed by atoms with Gasteiger partial charge in [-0.3, -0.25) is 4.79 Å². The van der Waals surface area contributed by atoms with Crippen LogP contribution in [-0.4, -0.2) is 43.7 Å². The van der Waals surface area contributed by atoms with Gasteiger partial charge in [-0.2, -0.15) is 0 Å². The van der Waals surface area contributed by atoms with E-state index in [2.05, 4.69) is 10.6 Å². The van der Waals surface area contributed by atoms with Crippen LogP contribution in [0.5, 0.6) is 0 Å². The summed E-state index contributed by atoms with van der Waals surface area (Å²) in [5.74, 6) is -2.10. The average molecular weight is 491 g/mol. The minimum absolute atomic E-state index is 0.0296. The highest BCUT2D eigenvalue weighted by Gasteiger charge is 2.25. The number of anilines is 1. The first-order chi connectivity index (χ1) is 17.5. The minimum atomic E-state index is -1.09. The molecule has 36 heavy (non-hydrogen) atoms. The smallest absolute Gasteiger partial charge is 0.408 e. The number of hydrogen-bond donors (Lipinski definition) is 2. The Labute approximate surface area is 208 Å². The van der Waals surface area contributed by atoms with Crippen molar-refractivity contribution in [1.82, 2.24) is 5.32 Å². The van der Waals surface area contributed by atoms with Crippen molar-refractivity contribution in [2.45, 2.75) is 19.1 Å². The number of nitrogens with one attached hydrogen (secondary N) is 2. The molecule has 0 spiro atoms. The second-order valence-corrected chi connectivity index (χ2v) is 7.64. The number of methoxy groups -OCH3 is 1. The van der Waals surface area contributed by atoms with Crippen LogP contribution in [0.25, 0.3) is 0 Å². The lowest BCUT2D eigenvalue weighted by Crippen LogP contribution is -2.44. The molecule has 3 aromatic carbocycles. The highest BCUT2D eigenvalue weighted by atomic mass is 16.6. The number of ether oxygens (including phenoxy) is 3. The molecule has 3 rings (SSSR count). The van der Waals surface area contributed by atoms with E-state index in [9.17, 15) is 19.2 Å². The van der Waals surface area contributed by atoms with Crippen molar-refractivity contribution in [2.75, 3.05) is 19.0 Å². The highest BCUT2D eigenvalue weighted by Crippen LogP contribution is 2.16. The summed E-state index contributed by atoms with van der Waals surface area (Å²) in [7, 11) is 1.23. The van der Waals surface area contributed by atoms with Crippen LogP contribution in [0, 0.1) is 0 Å². The van der Waals surface area contributed by atoms with Gasteiger partial charge in [0, 0.05) is 6.42 Å². The summed E-state index contributed by atoms with van der Waals surface area (Å²) >= 11 is 0. The predicted octanol–water partition coefficient (Wildman–Crippen LogP) is 3.49. The Morgan fingerprint density at radius 3 is 2.06 bits per heavy atom. The third-order valence-corrected chi connectivity index (χ3v) is 5.02. The molecule has 1 atom stereocenters. The summed E-state index contributed by atoms with van der Waals surface area (Å²) in [4.78, 5) is 49.4. The molecule has 0 aliphatic heterocycles. The molecule has 0 aliphatic carbocycles. The summed E-state index contributed by atoms with van der Waals surface area (Å²) in [6.45, 7) is -0.595. The van der Waals surface area contributed by atoms with Crippen molar-refractivity contribution in [3.8, 4) is 0 Å². The van der Waals surface area contributed by atoms with E-state index in [1.165, 1.54) is 19.2 Å². The van der Waals surface area contributed by atoms with Gasteiger partial charge in [0.1, 0.15) is 12.6 Å². The van der Waals surface area contributed by atoms with Crippen LogP contribution in [0.2, 0.25) is 0 Å². The average Bonchev–Trinajstić information content (AvgIpc) is 2.91. The quantitative estimate of drug-likeness (QED) is 0.330. The third-order valence-electron chi connectivity index (χ3n) is 5.02. The first-order valence-electron chi connectivity index (χ1n) is 11.1. The Kier molecular flexibility index (Phi) is 9.58. The number of para-hydroxylation sites is 1. The lowest BCUT2D eigenvalue weighted by molar-refractivity contribution is -0.149. The molecular weight excluding hydrogens is 464 g/mol. The van der Waals surface area contributed by atoms with E-state index in [1.807, 2.05) is 24.3 Å². The van der Waals surface area contributed by atoms with Gasteiger partial charge in [0.25, 0.3) is 5.91 Å². The lowest BCUT2D eigenvalue weighted by Gasteiger charge is -2.18. The molecule has 186 valence electrons. The van der Waals surface area contributed by atoms with Crippen LogP contribution in [0.4, 0.5) is 10.5 Å². The summed E-state index contributed by atoms with van der Waals surface area (Å²) in [6.07, 6.45) is -0.666. The van der Waals surface area contributed by atoms with E-state index in [-0.39, 0.29) is 24.3 Å². The molecular formula is C27H26N2O7. The van der Waals surface area contributed by atoms with E-state index in [4.69, 9.17) is 14.2 Å². The largest absolute Gasteiger partial charge is 0.465 e. The standard InChI is InChI=1S/C27H26N2O7/c1-34-25(31)21-14-8-9-15-22(21)28-24(30)18-35-26(32)23(16-19-10-4-2-5-11-19)29-27(33)36-17-20-12-6-3-7-13-20/h2-15,23H,16-18H2,1H3,(H,28,30)(H,29,33)/t23-/m0/s1. The summed E-state index contributed by atoms with van der Waals surface area (Å²) in [5.41, 5.74) is 1.94. The van der Waals surface area contributed by atoms with Gasteiger partial charge in [0.15, 0.2) is 6.61 Å². The lowest BCUT2D eigenvalue weighted by atomic mass is 10.1. The van der Waals surface area contributed by atoms with Gasteiger partial charge in [-0.15, -0.1) is 0 Å². The van der Waals surface area contributed by atoms with E-state index in [0.717, 1.165) is 11.1 Å². The SMILES string of the molecule is COC(=O)c1ccccc1NC(=O)COC(=O)[C@H](Cc1ccccc1)NC(=O)OCc1ccccc1. The molecule has 9 heteroatoms. The van der Waals surface area contributed by atoms with E-state index in [0.29, 0.717) is 0 Å². The van der Waals surface area contributed by atoms with Crippen molar-refractivity contribution in [3.63, 3.8) is 0 Å². The Bertz CT molecular complexity index is 1180. The van der Waals surface area contributed by atoms with Gasteiger partial charge in [0.05, 0.1) is 18.4 Å². The summed E-state index contributed by atoms with van der Waals surface area (Å²) < 4.78 is 15.1. The molecule has 0 unspecified atom stereocenters. The van der Waals surface area contributed by atoms with E-state index in [1.54, 1.807) is 48.5 Å². The molecule has 0 bridgehead atoms. The molecule has 9 nitrogen and oxygen atoms in total. The fourth-order valence-corrected chi connectivity index (χ4v) is 3.25. The zero-order valence-corrected chi connectivity index (χ0v) is 19.6. The van der Waals surface area contributed by atoms with Crippen LogP contribution in [0.3, 0.4) is 0 Å². The second-order valence-electron chi connectivity index (χ2n) is 7.64. The second kappa shape index (κ2) is 13.3. The van der Waals surface area contributed by atoms with Gasteiger partial charge in [0.2, 0.25) is 0 Å². The van der Waals surface area contributed by atoms with E-state index < -0.39 is 36.6 Å². The Hall–Kier alpha value is -4.66. The fourth-order valence-electron chi connectivity index (χ4n) is 3.25. The van der Waals surface area contributed by atoms with Crippen molar-refractivity contribution in [3.05, 3.63) is 102 Å². The van der Waals surface area contributed by atoms with Gasteiger partial charge in [-0.25, -0.2) is 14.4 Å². The zero-order chi connectivity index (χ0) is 25.8. The first-order valence-corrected chi connectivity index (χ1v) is 11.1. The maximum Gasteiger partial charge on any atom is 0.408 e. The monoisotopic (exact) mass is 490 g/mol. The van der Waals surface area contributed by atoms with Crippen LogP contribution in [0.1, 0.15) is 21.5 Å². The van der Waals surface area contributed by atoms with E-state index >= 15 is 0 Å². The maximum absolute atomic E-state index is 12.8. The molecule has 2 amide bonds. The molecule has 0 aromatic heterocycles. The van der Waals surface area contributed by atoms with Gasteiger partial charge in [-0.05, 0) is 23.3 Å². The number of carbonyl (C=O) groups excluding carboxylic acids is 4. The molecule has 0 heterocycles. The Morgan fingerprint density at radius 2 is 1.39 bits per heavy atom. The fraction of sp³-hybridized carbons (Fsp3) is 0.185. The molecule has 3 aromatic rings. The number of rotatable bonds is 10.